The van der Waals surface area contributed by atoms with Gasteiger partial charge in [0.25, 0.3) is 0 Å². The fraction of sp³-hybridized carbons (Fsp3) is 1.00. The van der Waals surface area contributed by atoms with E-state index in [-0.39, 0.29) is 6.10 Å². The molecule has 0 saturated heterocycles. The monoisotopic (exact) mass is 186 g/mol. The lowest BCUT2D eigenvalue weighted by molar-refractivity contribution is -0.0519. The van der Waals surface area contributed by atoms with E-state index in [0.717, 1.165) is 12.5 Å². The highest BCUT2D eigenvalue weighted by atomic mass is 16.5. The van der Waals surface area contributed by atoms with E-state index in [4.69, 9.17) is 9.47 Å². The Hall–Kier alpha value is -0.0800. The summed E-state index contributed by atoms with van der Waals surface area (Å²) >= 11 is 0. The van der Waals surface area contributed by atoms with Crippen molar-refractivity contribution in [1.29, 1.82) is 0 Å². The largest absolute Gasteiger partial charge is 0.379 e. The maximum absolute atomic E-state index is 5.82. The Morgan fingerprint density at radius 1 is 1.31 bits per heavy atom. The summed E-state index contributed by atoms with van der Waals surface area (Å²) in [6.07, 6.45) is 5.97. The molecule has 0 spiro atoms. The van der Waals surface area contributed by atoms with Gasteiger partial charge in [0, 0.05) is 7.11 Å². The molecule has 0 N–H and O–H groups in total. The summed E-state index contributed by atoms with van der Waals surface area (Å²) in [4.78, 5) is 0. The van der Waals surface area contributed by atoms with Crippen molar-refractivity contribution in [2.45, 2.75) is 51.7 Å². The molecule has 2 nitrogen and oxygen atoms in total. The SMILES string of the molecule is COC(C)COC1CCCCC1C. The molecule has 0 aromatic rings. The van der Waals surface area contributed by atoms with Crippen LogP contribution in [-0.2, 0) is 9.47 Å². The van der Waals surface area contributed by atoms with Crippen LogP contribution in [-0.4, -0.2) is 25.9 Å². The molecule has 1 saturated carbocycles. The van der Waals surface area contributed by atoms with E-state index in [1.54, 1.807) is 7.11 Å². The molecule has 3 unspecified atom stereocenters. The summed E-state index contributed by atoms with van der Waals surface area (Å²) in [7, 11) is 1.73. The Morgan fingerprint density at radius 3 is 2.62 bits per heavy atom. The lowest BCUT2D eigenvalue weighted by Gasteiger charge is -2.29. The molecule has 0 bridgehead atoms. The molecule has 0 radical (unpaired) electrons. The third-order valence-corrected chi connectivity index (χ3v) is 2.98. The maximum Gasteiger partial charge on any atom is 0.0776 e. The van der Waals surface area contributed by atoms with Gasteiger partial charge >= 0.3 is 0 Å². The Labute approximate surface area is 81.6 Å². The van der Waals surface area contributed by atoms with E-state index in [2.05, 4.69) is 6.92 Å². The minimum Gasteiger partial charge on any atom is -0.379 e. The van der Waals surface area contributed by atoms with Crippen LogP contribution in [0.1, 0.15) is 39.5 Å². The summed E-state index contributed by atoms with van der Waals surface area (Å²) in [5, 5.41) is 0. The molecule has 0 aliphatic heterocycles. The van der Waals surface area contributed by atoms with Gasteiger partial charge in [0.1, 0.15) is 0 Å². The summed E-state index contributed by atoms with van der Waals surface area (Å²) < 4.78 is 11.0. The molecule has 1 rings (SSSR count). The smallest absolute Gasteiger partial charge is 0.0776 e. The molecule has 78 valence electrons. The Balaban J connectivity index is 2.18. The Bertz CT molecular complexity index is 136. The van der Waals surface area contributed by atoms with Gasteiger partial charge in [-0.3, -0.25) is 0 Å². The van der Waals surface area contributed by atoms with Gasteiger partial charge in [-0.15, -0.1) is 0 Å². The third-order valence-electron chi connectivity index (χ3n) is 2.98. The fourth-order valence-electron chi connectivity index (χ4n) is 1.86. The van der Waals surface area contributed by atoms with Crippen LogP contribution in [0.4, 0.5) is 0 Å². The highest BCUT2D eigenvalue weighted by Crippen LogP contribution is 2.26. The van der Waals surface area contributed by atoms with Gasteiger partial charge in [-0.2, -0.15) is 0 Å². The molecule has 0 heterocycles. The van der Waals surface area contributed by atoms with E-state index in [9.17, 15) is 0 Å². The predicted molar refractivity (Wildman–Crippen MR) is 53.8 cm³/mol. The first-order valence-electron chi connectivity index (χ1n) is 5.38. The van der Waals surface area contributed by atoms with Gasteiger partial charge in [-0.25, -0.2) is 0 Å². The van der Waals surface area contributed by atoms with Gasteiger partial charge in [-0.1, -0.05) is 19.8 Å². The highest BCUT2D eigenvalue weighted by molar-refractivity contribution is 4.72. The standard InChI is InChI=1S/C11H22O2/c1-9-6-4-5-7-11(9)13-8-10(2)12-3/h9-11H,4-8H2,1-3H3. The van der Waals surface area contributed by atoms with Gasteiger partial charge in [0.2, 0.25) is 0 Å². The zero-order valence-corrected chi connectivity index (χ0v) is 9.08. The van der Waals surface area contributed by atoms with Crippen molar-refractivity contribution in [3.05, 3.63) is 0 Å². The van der Waals surface area contributed by atoms with Crippen molar-refractivity contribution in [2.75, 3.05) is 13.7 Å². The van der Waals surface area contributed by atoms with Crippen LogP contribution in [0.3, 0.4) is 0 Å². The molecule has 0 amide bonds. The minimum absolute atomic E-state index is 0.231. The second-order valence-corrected chi connectivity index (χ2v) is 4.18. The molecule has 1 fully saturated rings. The number of ether oxygens (including phenoxy) is 2. The van der Waals surface area contributed by atoms with Crippen molar-refractivity contribution in [3.63, 3.8) is 0 Å². The van der Waals surface area contributed by atoms with Crippen molar-refractivity contribution in [3.8, 4) is 0 Å². The number of hydrogen-bond acceptors (Lipinski definition) is 2. The Kier molecular flexibility index (Phi) is 4.74. The van der Waals surface area contributed by atoms with Crippen LogP contribution in [0.15, 0.2) is 0 Å². The van der Waals surface area contributed by atoms with Gasteiger partial charge in [0.15, 0.2) is 0 Å². The van der Waals surface area contributed by atoms with Crippen molar-refractivity contribution in [2.24, 2.45) is 5.92 Å². The van der Waals surface area contributed by atoms with Gasteiger partial charge in [0.05, 0.1) is 18.8 Å². The molecule has 3 atom stereocenters. The second-order valence-electron chi connectivity index (χ2n) is 4.18. The first-order valence-corrected chi connectivity index (χ1v) is 5.38. The number of rotatable bonds is 4. The van der Waals surface area contributed by atoms with Crippen LogP contribution in [0.25, 0.3) is 0 Å². The molecular formula is C11H22O2. The van der Waals surface area contributed by atoms with E-state index in [1.807, 2.05) is 6.92 Å². The Morgan fingerprint density at radius 2 is 2.00 bits per heavy atom. The molecule has 2 heteroatoms. The van der Waals surface area contributed by atoms with Crippen LogP contribution in [0.5, 0.6) is 0 Å². The topological polar surface area (TPSA) is 18.5 Å². The lowest BCUT2D eigenvalue weighted by atomic mass is 9.88. The van der Waals surface area contributed by atoms with Crippen LogP contribution < -0.4 is 0 Å². The third kappa shape index (κ3) is 3.65. The first kappa shape index (κ1) is 11.0. The van der Waals surface area contributed by atoms with E-state index in [0.29, 0.717) is 6.10 Å². The summed E-state index contributed by atoms with van der Waals surface area (Å²) in [6, 6.07) is 0. The average Bonchev–Trinajstić information content (AvgIpc) is 2.16. The summed E-state index contributed by atoms with van der Waals surface area (Å²) in [5.74, 6) is 0.734. The van der Waals surface area contributed by atoms with Crippen LogP contribution in [0.2, 0.25) is 0 Å². The fourth-order valence-corrected chi connectivity index (χ4v) is 1.86. The molecule has 1 aliphatic rings. The summed E-state index contributed by atoms with van der Waals surface area (Å²) in [5.41, 5.74) is 0. The molecule has 13 heavy (non-hydrogen) atoms. The van der Waals surface area contributed by atoms with Crippen molar-refractivity contribution < 1.29 is 9.47 Å². The van der Waals surface area contributed by atoms with Crippen molar-refractivity contribution >= 4 is 0 Å². The van der Waals surface area contributed by atoms with E-state index < -0.39 is 0 Å². The predicted octanol–water partition coefficient (Wildman–Crippen LogP) is 2.62. The van der Waals surface area contributed by atoms with E-state index >= 15 is 0 Å². The lowest BCUT2D eigenvalue weighted by Crippen LogP contribution is -2.28. The normalized spacial score (nSPS) is 31.6. The molecular weight excluding hydrogens is 164 g/mol. The van der Waals surface area contributed by atoms with E-state index in [1.165, 1.54) is 25.7 Å². The van der Waals surface area contributed by atoms with Gasteiger partial charge < -0.3 is 9.47 Å². The molecule has 0 aromatic heterocycles. The quantitative estimate of drug-likeness (QED) is 0.672. The second kappa shape index (κ2) is 5.61. The van der Waals surface area contributed by atoms with Crippen LogP contribution >= 0.6 is 0 Å². The van der Waals surface area contributed by atoms with Crippen LogP contribution in [0, 0.1) is 5.92 Å². The molecule has 1 aliphatic carbocycles. The number of methoxy groups -OCH3 is 1. The average molecular weight is 186 g/mol. The highest BCUT2D eigenvalue weighted by Gasteiger charge is 2.22. The van der Waals surface area contributed by atoms with Gasteiger partial charge in [-0.05, 0) is 25.7 Å². The zero-order chi connectivity index (χ0) is 9.68. The zero-order valence-electron chi connectivity index (χ0n) is 9.08. The maximum atomic E-state index is 5.82. The number of hydrogen-bond donors (Lipinski definition) is 0. The van der Waals surface area contributed by atoms with Crippen molar-refractivity contribution in [1.82, 2.24) is 0 Å². The molecule has 0 aromatic carbocycles. The minimum atomic E-state index is 0.231. The summed E-state index contributed by atoms with van der Waals surface area (Å²) in [6.45, 7) is 5.08. The first-order chi connectivity index (χ1) is 6.24.